The number of furan rings is 1. The van der Waals surface area contributed by atoms with E-state index in [9.17, 15) is 0 Å². The van der Waals surface area contributed by atoms with Crippen molar-refractivity contribution in [3.8, 4) is 0 Å². The summed E-state index contributed by atoms with van der Waals surface area (Å²) >= 11 is 1.70. The minimum absolute atomic E-state index is 0. The number of nitrogens with one attached hydrogen (secondary N) is 2. The highest BCUT2D eigenvalue weighted by molar-refractivity contribution is 14.0. The lowest BCUT2D eigenvalue weighted by Crippen LogP contribution is -2.46. The van der Waals surface area contributed by atoms with Crippen LogP contribution in [0.25, 0.3) is 0 Å². The molecule has 0 aliphatic carbocycles. The third kappa shape index (κ3) is 6.78. The Morgan fingerprint density at radius 2 is 2.07 bits per heavy atom. The predicted octanol–water partition coefficient (Wildman–Crippen LogP) is 3.40. The van der Waals surface area contributed by atoms with E-state index in [-0.39, 0.29) is 30.0 Å². The lowest BCUT2D eigenvalue weighted by molar-refractivity contribution is 0.0124. The number of aryl methyl sites for hydroxylation is 1. The van der Waals surface area contributed by atoms with Crippen LogP contribution in [-0.4, -0.2) is 50.3 Å². The lowest BCUT2D eigenvalue weighted by atomic mass is 10.1. The molecule has 0 aromatic carbocycles. The van der Waals surface area contributed by atoms with E-state index in [0.717, 1.165) is 56.9 Å². The number of halogens is 1. The summed E-state index contributed by atoms with van der Waals surface area (Å²) in [6.07, 6.45) is 0. The van der Waals surface area contributed by atoms with Crippen LogP contribution in [0.4, 0.5) is 0 Å². The van der Waals surface area contributed by atoms with Gasteiger partial charge in [-0.05, 0) is 48.4 Å². The van der Waals surface area contributed by atoms with Gasteiger partial charge in [-0.3, -0.25) is 4.90 Å². The topological polar surface area (TPSA) is 62.0 Å². The zero-order valence-electron chi connectivity index (χ0n) is 15.9. The van der Waals surface area contributed by atoms with Gasteiger partial charge in [0.1, 0.15) is 11.5 Å². The smallest absolute Gasteiger partial charge is 0.191 e. The highest BCUT2D eigenvalue weighted by atomic mass is 127. The quantitative estimate of drug-likeness (QED) is 0.344. The van der Waals surface area contributed by atoms with E-state index in [1.165, 1.54) is 5.56 Å². The van der Waals surface area contributed by atoms with Crippen molar-refractivity contribution in [1.29, 1.82) is 0 Å². The molecule has 6 nitrogen and oxygen atoms in total. The third-order valence-corrected chi connectivity index (χ3v) is 5.11. The van der Waals surface area contributed by atoms with Crippen molar-refractivity contribution in [2.45, 2.75) is 26.4 Å². The van der Waals surface area contributed by atoms with Gasteiger partial charge in [0.15, 0.2) is 5.96 Å². The molecule has 1 aliphatic heterocycles. The van der Waals surface area contributed by atoms with E-state index in [1.54, 1.807) is 11.3 Å². The Labute approximate surface area is 182 Å². The summed E-state index contributed by atoms with van der Waals surface area (Å²) in [6, 6.07) is 6.38. The van der Waals surface area contributed by atoms with Crippen molar-refractivity contribution in [2.75, 3.05) is 39.4 Å². The standard InChI is InChI=1S/C19H28N4O2S.HI/c1-3-20-19(21-12-16-6-11-26-14-16)22-13-17(18-5-4-15(2)25-18)23-7-9-24-10-8-23;/h4-6,11,14,17H,3,7-10,12-13H2,1-2H3,(H2,20,21,22);1H. The normalized spacial score (nSPS) is 16.6. The molecule has 2 aromatic rings. The van der Waals surface area contributed by atoms with Gasteiger partial charge in [0.2, 0.25) is 0 Å². The second-order valence-electron chi connectivity index (χ2n) is 6.32. The Morgan fingerprint density at radius 3 is 2.70 bits per heavy atom. The fraction of sp³-hybridized carbons (Fsp3) is 0.526. The second kappa shape index (κ2) is 11.7. The molecule has 0 amide bonds. The van der Waals surface area contributed by atoms with Gasteiger partial charge in [0.25, 0.3) is 0 Å². The first-order chi connectivity index (χ1) is 12.8. The summed E-state index contributed by atoms with van der Waals surface area (Å²) in [6.45, 7) is 9.67. The number of thiophene rings is 1. The molecule has 1 fully saturated rings. The molecular formula is C19H29IN4O2S. The van der Waals surface area contributed by atoms with Gasteiger partial charge >= 0.3 is 0 Å². The molecule has 0 saturated carbocycles. The first-order valence-electron chi connectivity index (χ1n) is 9.17. The monoisotopic (exact) mass is 504 g/mol. The van der Waals surface area contributed by atoms with Crippen LogP contribution in [-0.2, 0) is 11.3 Å². The number of morpholine rings is 1. The number of guanidine groups is 1. The van der Waals surface area contributed by atoms with Crippen LogP contribution in [0, 0.1) is 6.92 Å². The summed E-state index contributed by atoms with van der Waals surface area (Å²) in [7, 11) is 0. The number of ether oxygens (including phenoxy) is 1. The average molecular weight is 504 g/mol. The minimum atomic E-state index is 0. The highest BCUT2D eigenvalue weighted by Crippen LogP contribution is 2.23. The zero-order valence-corrected chi connectivity index (χ0v) is 19.1. The minimum Gasteiger partial charge on any atom is -0.465 e. The summed E-state index contributed by atoms with van der Waals surface area (Å²) in [4.78, 5) is 7.11. The Hall–Kier alpha value is -1.10. The van der Waals surface area contributed by atoms with Crippen molar-refractivity contribution in [2.24, 2.45) is 4.99 Å². The lowest BCUT2D eigenvalue weighted by Gasteiger charge is -2.33. The molecule has 0 bridgehead atoms. The van der Waals surface area contributed by atoms with Gasteiger partial charge in [0.05, 0.1) is 25.8 Å². The van der Waals surface area contributed by atoms with Crippen molar-refractivity contribution in [3.05, 3.63) is 46.0 Å². The summed E-state index contributed by atoms with van der Waals surface area (Å²) in [5.74, 6) is 2.77. The first kappa shape index (κ1) is 22.2. The molecular weight excluding hydrogens is 475 g/mol. The molecule has 1 atom stereocenters. The number of hydrogen-bond acceptors (Lipinski definition) is 5. The molecule has 27 heavy (non-hydrogen) atoms. The number of nitrogens with zero attached hydrogens (tertiary/aromatic N) is 2. The van der Waals surface area contributed by atoms with Gasteiger partial charge < -0.3 is 19.8 Å². The Balaban J connectivity index is 0.00000261. The number of aliphatic imine (C=N–C) groups is 1. The van der Waals surface area contributed by atoms with E-state index in [2.05, 4.69) is 45.4 Å². The van der Waals surface area contributed by atoms with E-state index < -0.39 is 0 Å². The highest BCUT2D eigenvalue weighted by Gasteiger charge is 2.25. The van der Waals surface area contributed by atoms with Gasteiger partial charge in [-0.1, -0.05) is 0 Å². The molecule has 1 aliphatic rings. The molecule has 1 saturated heterocycles. The molecule has 3 heterocycles. The number of rotatable bonds is 7. The summed E-state index contributed by atoms with van der Waals surface area (Å²) < 4.78 is 11.4. The van der Waals surface area contributed by atoms with E-state index in [1.807, 2.05) is 13.0 Å². The van der Waals surface area contributed by atoms with Crippen LogP contribution < -0.4 is 10.6 Å². The molecule has 2 N–H and O–H groups in total. The van der Waals surface area contributed by atoms with Crippen molar-refractivity contribution < 1.29 is 9.15 Å². The molecule has 3 rings (SSSR count). The van der Waals surface area contributed by atoms with Crippen LogP contribution in [0.15, 0.2) is 38.4 Å². The summed E-state index contributed by atoms with van der Waals surface area (Å²) in [5, 5.41) is 11.0. The van der Waals surface area contributed by atoms with E-state index in [0.29, 0.717) is 6.54 Å². The first-order valence-corrected chi connectivity index (χ1v) is 10.1. The second-order valence-corrected chi connectivity index (χ2v) is 7.10. The van der Waals surface area contributed by atoms with Crippen molar-refractivity contribution in [3.63, 3.8) is 0 Å². The van der Waals surface area contributed by atoms with Crippen LogP contribution in [0.2, 0.25) is 0 Å². The average Bonchev–Trinajstić information content (AvgIpc) is 3.32. The van der Waals surface area contributed by atoms with Gasteiger partial charge in [0, 0.05) is 26.2 Å². The van der Waals surface area contributed by atoms with Crippen LogP contribution in [0.3, 0.4) is 0 Å². The Kier molecular flexibility index (Phi) is 9.60. The van der Waals surface area contributed by atoms with Crippen LogP contribution >= 0.6 is 35.3 Å². The molecule has 150 valence electrons. The van der Waals surface area contributed by atoms with Crippen molar-refractivity contribution in [1.82, 2.24) is 15.5 Å². The van der Waals surface area contributed by atoms with Gasteiger partial charge in [-0.2, -0.15) is 11.3 Å². The fourth-order valence-electron chi connectivity index (χ4n) is 3.02. The largest absolute Gasteiger partial charge is 0.465 e. The third-order valence-electron chi connectivity index (χ3n) is 4.38. The molecule has 8 heteroatoms. The van der Waals surface area contributed by atoms with Gasteiger partial charge in [-0.15, -0.1) is 24.0 Å². The van der Waals surface area contributed by atoms with Gasteiger partial charge in [-0.25, -0.2) is 4.99 Å². The maximum Gasteiger partial charge on any atom is 0.191 e. The molecule has 1 unspecified atom stereocenters. The maximum atomic E-state index is 5.93. The zero-order chi connectivity index (χ0) is 18.2. The van der Waals surface area contributed by atoms with Crippen LogP contribution in [0.1, 0.15) is 30.0 Å². The van der Waals surface area contributed by atoms with E-state index in [4.69, 9.17) is 14.1 Å². The molecule has 0 radical (unpaired) electrons. The maximum absolute atomic E-state index is 5.93. The van der Waals surface area contributed by atoms with Crippen LogP contribution in [0.5, 0.6) is 0 Å². The SMILES string of the molecule is CCNC(=NCc1ccsc1)NCC(c1ccc(C)o1)N1CCOCC1.I. The Bertz CT molecular complexity index is 684. The number of hydrogen-bond donors (Lipinski definition) is 2. The predicted molar refractivity (Wildman–Crippen MR) is 121 cm³/mol. The molecule has 2 aromatic heterocycles. The van der Waals surface area contributed by atoms with E-state index >= 15 is 0 Å². The summed E-state index contributed by atoms with van der Waals surface area (Å²) in [5.41, 5.74) is 1.23. The fourth-order valence-corrected chi connectivity index (χ4v) is 3.68. The Morgan fingerprint density at radius 1 is 1.26 bits per heavy atom. The molecule has 0 spiro atoms. The van der Waals surface area contributed by atoms with Crippen molar-refractivity contribution >= 4 is 41.3 Å².